The molecule has 0 atom stereocenters. The molecule has 0 unspecified atom stereocenters. The minimum atomic E-state index is -0.0601. The van der Waals surface area contributed by atoms with Crippen molar-refractivity contribution in [3.05, 3.63) is 24.5 Å². The summed E-state index contributed by atoms with van der Waals surface area (Å²) < 4.78 is 1.61. The van der Waals surface area contributed by atoms with Gasteiger partial charge in [-0.1, -0.05) is 24.1 Å². The summed E-state index contributed by atoms with van der Waals surface area (Å²) in [7, 11) is 0. The first-order valence-electron chi connectivity index (χ1n) is 6.78. The first-order chi connectivity index (χ1) is 9.26. The van der Waals surface area contributed by atoms with Crippen LogP contribution >= 0.6 is 0 Å². The predicted octanol–water partition coefficient (Wildman–Crippen LogP) is 0.808. The van der Waals surface area contributed by atoms with Crippen LogP contribution in [0.3, 0.4) is 0 Å². The molecule has 1 fully saturated rings. The molecule has 0 aliphatic heterocycles. The second kappa shape index (κ2) is 6.47. The third-order valence-corrected chi connectivity index (χ3v) is 3.47. The van der Waals surface area contributed by atoms with Gasteiger partial charge in [-0.15, -0.1) is 11.7 Å². The maximum atomic E-state index is 12.5. The van der Waals surface area contributed by atoms with Crippen molar-refractivity contribution >= 4 is 5.91 Å². The lowest BCUT2D eigenvalue weighted by atomic mass is 10.2. The SMILES string of the molecule is C=CCN(C(=O)c1cn(CCN)nn1)C1CCCC1. The van der Waals surface area contributed by atoms with E-state index in [-0.39, 0.29) is 5.91 Å². The van der Waals surface area contributed by atoms with Gasteiger partial charge in [0.2, 0.25) is 0 Å². The normalized spacial score (nSPS) is 15.6. The van der Waals surface area contributed by atoms with Gasteiger partial charge in [-0.05, 0) is 12.8 Å². The van der Waals surface area contributed by atoms with Crippen molar-refractivity contribution in [2.75, 3.05) is 13.1 Å². The fourth-order valence-corrected chi connectivity index (χ4v) is 2.54. The van der Waals surface area contributed by atoms with Gasteiger partial charge in [0, 0.05) is 19.1 Å². The molecule has 0 saturated heterocycles. The average molecular weight is 263 g/mol. The summed E-state index contributed by atoms with van der Waals surface area (Å²) in [6, 6.07) is 0.310. The zero-order chi connectivity index (χ0) is 13.7. The van der Waals surface area contributed by atoms with Crippen molar-refractivity contribution < 1.29 is 4.79 Å². The van der Waals surface area contributed by atoms with Crippen molar-refractivity contribution in [2.45, 2.75) is 38.3 Å². The number of amides is 1. The van der Waals surface area contributed by atoms with E-state index in [1.165, 1.54) is 12.8 Å². The molecule has 6 nitrogen and oxygen atoms in total. The lowest BCUT2D eigenvalue weighted by molar-refractivity contribution is 0.0700. The summed E-state index contributed by atoms with van der Waals surface area (Å²) in [4.78, 5) is 14.3. The molecule has 0 spiro atoms. The Balaban J connectivity index is 2.10. The molecule has 1 aromatic heterocycles. The van der Waals surface area contributed by atoms with Gasteiger partial charge in [0.15, 0.2) is 5.69 Å². The summed E-state index contributed by atoms with van der Waals surface area (Å²) in [5, 5.41) is 7.85. The Labute approximate surface area is 113 Å². The van der Waals surface area contributed by atoms with Crippen LogP contribution in [0.4, 0.5) is 0 Å². The molecule has 0 bridgehead atoms. The topological polar surface area (TPSA) is 77.0 Å². The predicted molar refractivity (Wildman–Crippen MR) is 72.6 cm³/mol. The number of carbonyl (C=O) groups is 1. The summed E-state index contributed by atoms with van der Waals surface area (Å²) in [6.45, 7) is 5.35. The quantitative estimate of drug-likeness (QED) is 0.770. The second-order valence-corrected chi connectivity index (χ2v) is 4.84. The molecule has 1 saturated carbocycles. The highest BCUT2D eigenvalue weighted by atomic mass is 16.2. The fourth-order valence-electron chi connectivity index (χ4n) is 2.54. The largest absolute Gasteiger partial charge is 0.331 e. The number of aromatic nitrogens is 3. The van der Waals surface area contributed by atoms with E-state index in [1.807, 2.05) is 4.90 Å². The third-order valence-electron chi connectivity index (χ3n) is 3.47. The Morgan fingerprint density at radius 2 is 2.32 bits per heavy atom. The maximum Gasteiger partial charge on any atom is 0.276 e. The molecule has 0 radical (unpaired) electrons. The second-order valence-electron chi connectivity index (χ2n) is 4.84. The molecule has 1 aliphatic rings. The van der Waals surface area contributed by atoms with Crippen molar-refractivity contribution in [1.29, 1.82) is 0 Å². The van der Waals surface area contributed by atoms with E-state index in [0.29, 0.717) is 31.4 Å². The number of nitrogens with two attached hydrogens (primary N) is 1. The van der Waals surface area contributed by atoms with Crippen LogP contribution in [-0.4, -0.2) is 44.9 Å². The van der Waals surface area contributed by atoms with Crippen LogP contribution in [-0.2, 0) is 6.54 Å². The van der Waals surface area contributed by atoms with E-state index in [4.69, 9.17) is 5.73 Å². The van der Waals surface area contributed by atoms with Gasteiger partial charge >= 0.3 is 0 Å². The number of rotatable bonds is 6. The zero-order valence-electron chi connectivity index (χ0n) is 11.2. The van der Waals surface area contributed by atoms with Gasteiger partial charge < -0.3 is 10.6 Å². The Morgan fingerprint density at radius 1 is 1.58 bits per heavy atom. The smallest absolute Gasteiger partial charge is 0.276 e. The van der Waals surface area contributed by atoms with Crippen LogP contribution in [0.1, 0.15) is 36.2 Å². The molecular weight excluding hydrogens is 242 g/mol. The Bertz CT molecular complexity index is 436. The van der Waals surface area contributed by atoms with Crippen LogP contribution in [0.5, 0.6) is 0 Å². The van der Waals surface area contributed by atoms with Gasteiger partial charge in [0.05, 0.1) is 12.7 Å². The Kier molecular flexibility index (Phi) is 4.68. The summed E-state index contributed by atoms with van der Waals surface area (Å²) in [6.07, 6.45) is 7.94. The van der Waals surface area contributed by atoms with Gasteiger partial charge in [-0.25, -0.2) is 0 Å². The summed E-state index contributed by atoms with van der Waals surface area (Å²) in [5.74, 6) is -0.0601. The monoisotopic (exact) mass is 263 g/mol. The first-order valence-corrected chi connectivity index (χ1v) is 6.78. The Hall–Kier alpha value is -1.69. The highest BCUT2D eigenvalue weighted by Gasteiger charge is 2.27. The number of hydrogen-bond donors (Lipinski definition) is 1. The fraction of sp³-hybridized carbons (Fsp3) is 0.615. The van der Waals surface area contributed by atoms with Crippen LogP contribution in [0.25, 0.3) is 0 Å². The molecule has 2 rings (SSSR count). The first kappa shape index (κ1) is 13.7. The zero-order valence-corrected chi connectivity index (χ0v) is 11.2. The molecule has 6 heteroatoms. The van der Waals surface area contributed by atoms with E-state index in [1.54, 1.807) is 17.0 Å². The minimum absolute atomic E-state index is 0.0601. The van der Waals surface area contributed by atoms with Crippen molar-refractivity contribution in [1.82, 2.24) is 19.9 Å². The van der Waals surface area contributed by atoms with Crippen LogP contribution in [0.2, 0.25) is 0 Å². The summed E-state index contributed by atoms with van der Waals surface area (Å²) in [5.41, 5.74) is 5.85. The van der Waals surface area contributed by atoms with Crippen LogP contribution in [0, 0.1) is 0 Å². The standard InChI is InChI=1S/C13H21N5O/c1-2-8-18(11-5-3-4-6-11)13(19)12-10-17(9-7-14)16-15-12/h2,10-11H,1,3-9,14H2. The van der Waals surface area contributed by atoms with Crippen molar-refractivity contribution in [2.24, 2.45) is 5.73 Å². The third kappa shape index (κ3) is 3.20. The van der Waals surface area contributed by atoms with Gasteiger partial charge in [0.25, 0.3) is 5.91 Å². The van der Waals surface area contributed by atoms with E-state index < -0.39 is 0 Å². The number of nitrogens with zero attached hydrogens (tertiary/aromatic N) is 4. The number of carbonyl (C=O) groups excluding carboxylic acids is 1. The lowest BCUT2D eigenvalue weighted by Gasteiger charge is -2.26. The van der Waals surface area contributed by atoms with Crippen molar-refractivity contribution in [3.8, 4) is 0 Å². The van der Waals surface area contributed by atoms with Gasteiger partial charge in [-0.2, -0.15) is 0 Å². The van der Waals surface area contributed by atoms with Crippen molar-refractivity contribution in [3.63, 3.8) is 0 Å². The molecule has 0 aromatic carbocycles. The Morgan fingerprint density at radius 3 is 2.95 bits per heavy atom. The van der Waals surface area contributed by atoms with E-state index >= 15 is 0 Å². The molecule has 1 aromatic rings. The van der Waals surface area contributed by atoms with Gasteiger partial charge in [0.1, 0.15) is 0 Å². The highest BCUT2D eigenvalue weighted by molar-refractivity contribution is 5.92. The van der Waals surface area contributed by atoms with E-state index in [9.17, 15) is 4.79 Å². The number of hydrogen-bond acceptors (Lipinski definition) is 4. The molecule has 1 aliphatic carbocycles. The molecule has 2 N–H and O–H groups in total. The molecule has 19 heavy (non-hydrogen) atoms. The van der Waals surface area contributed by atoms with Crippen LogP contribution < -0.4 is 5.73 Å². The molecule has 1 amide bonds. The van der Waals surface area contributed by atoms with Gasteiger partial charge in [-0.3, -0.25) is 9.48 Å². The maximum absolute atomic E-state index is 12.5. The highest BCUT2D eigenvalue weighted by Crippen LogP contribution is 2.24. The summed E-state index contributed by atoms with van der Waals surface area (Å²) >= 11 is 0. The molecule has 1 heterocycles. The van der Waals surface area contributed by atoms with E-state index in [2.05, 4.69) is 16.9 Å². The average Bonchev–Trinajstić information content (AvgIpc) is 3.06. The van der Waals surface area contributed by atoms with Crippen LogP contribution in [0.15, 0.2) is 18.9 Å². The lowest BCUT2D eigenvalue weighted by Crippen LogP contribution is -2.39. The molecular formula is C13H21N5O. The van der Waals surface area contributed by atoms with E-state index in [0.717, 1.165) is 12.8 Å². The molecule has 104 valence electrons. The minimum Gasteiger partial charge on any atom is -0.331 e.